The minimum absolute atomic E-state index is 0.126. The first kappa shape index (κ1) is 15.9. The van der Waals surface area contributed by atoms with Crippen LogP contribution in [0.1, 0.15) is 23.6 Å². The molecule has 2 rings (SSSR count). The average molecular weight is 323 g/mol. The average Bonchev–Trinajstić information content (AvgIpc) is 2.82. The predicted molar refractivity (Wildman–Crippen MR) is 85.0 cm³/mol. The van der Waals surface area contributed by atoms with Gasteiger partial charge in [0.25, 0.3) is 0 Å². The van der Waals surface area contributed by atoms with Gasteiger partial charge >= 0.3 is 0 Å². The number of benzene rings is 1. The Morgan fingerprint density at radius 1 is 1.19 bits per heavy atom. The molecule has 2 aromatic rings. The van der Waals surface area contributed by atoms with Crippen molar-refractivity contribution in [2.75, 3.05) is 0 Å². The van der Waals surface area contributed by atoms with Gasteiger partial charge in [-0.05, 0) is 55.2 Å². The molecule has 21 heavy (non-hydrogen) atoms. The summed E-state index contributed by atoms with van der Waals surface area (Å²) in [4.78, 5) is 12.2. The fraction of sp³-hybridized carbons (Fsp3) is 0.267. The maximum Gasteiger partial charge on any atom is 0.247 e. The first-order valence-electron chi connectivity index (χ1n) is 6.41. The number of nitrogens with two attached hydrogens (primary N) is 1. The highest BCUT2D eigenvalue weighted by molar-refractivity contribution is 7.91. The summed E-state index contributed by atoms with van der Waals surface area (Å²) in [5, 5.41) is 5.13. The molecule has 0 aliphatic heterocycles. The minimum Gasteiger partial charge on any atom is -0.300 e. The molecule has 0 amide bonds. The predicted octanol–water partition coefficient (Wildman–Crippen LogP) is 2.81. The van der Waals surface area contributed by atoms with Crippen LogP contribution in [-0.2, 0) is 21.2 Å². The molecule has 1 aromatic carbocycles. The van der Waals surface area contributed by atoms with Gasteiger partial charge in [-0.1, -0.05) is 12.1 Å². The lowest BCUT2D eigenvalue weighted by atomic mass is 9.95. The molecule has 0 radical (unpaired) electrons. The van der Waals surface area contributed by atoms with Gasteiger partial charge in [-0.25, -0.2) is 13.6 Å². The fourth-order valence-corrected chi connectivity index (χ4v) is 4.01. The highest BCUT2D eigenvalue weighted by Gasteiger charge is 2.14. The Morgan fingerprint density at radius 3 is 2.19 bits per heavy atom. The van der Waals surface area contributed by atoms with E-state index in [4.69, 9.17) is 5.14 Å². The largest absolute Gasteiger partial charge is 0.300 e. The number of sulfonamides is 1. The maximum absolute atomic E-state index is 11.3. The molecular formula is C15H17NO3S2. The number of ketones is 1. The van der Waals surface area contributed by atoms with Crippen molar-refractivity contribution in [3.8, 4) is 10.4 Å². The Labute approximate surface area is 128 Å². The number of primary sulfonamides is 1. The van der Waals surface area contributed by atoms with Crippen LogP contribution in [-0.4, -0.2) is 14.2 Å². The van der Waals surface area contributed by atoms with Crippen LogP contribution in [0, 0.1) is 13.8 Å². The smallest absolute Gasteiger partial charge is 0.247 e. The second-order valence-electron chi connectivity index (χ2n) is 5.13. The third-order valence-corrected chi connectivity index (χ3v) is 5.84. The standard InChI is InChI=1S/C15H17NO3S2/c1-9-6-12(7-10(2)13(9)8-11(3)17)14-4-5-15(20-14)21(16,18)19/h4-7H,8H2,1-3H3,(H2,16,18,19). The molecule has 0 saturated heterocycles. The number of aryl methyl sites for hydroxylation is 2. The summed E-state index contributed by atoms with van der Waals surface area (Å²) in [6.45, 7) is 5.50. The van der Waals surface area contributed by atoms with Crippen molar-refractivity contribution in [3.05, 3.63) is 41.0 Å². The summed E-state index contributed by atoms with van der Waals surface area (Å²) in [7, 11) is -3.66. The van der Waals surface area contributed by atoms with Crippen LogP contribution >= 0.6 is 11.3 Å². The molecule has 0 bridgehead atoms. The molecule has 0 aliphatic rings. The van der Waals surface area contributed by atoms with Crippen LogP contribution in [0.4, 0.5) is 0 Å². The molecule has 0 saturated carbocycles. The monoisotopic (exact) mass is 323 g/mol. The van der Waals surface area contributed by atoms with Crippen molar-refractivity contribution in [2.24, 2.45) is 5.14 Å². The van der Waals surface area contributed by atoms with Crippen LogP contribution in [0.5, 0.6) is 0 Å². The van der Waals surface area contributed by atoms with E-state index in [1.807, 2.05) is 26.0 Å². The van der Waals surface area contributed by atoms with Gasteiger partial charge in [0.2, 0.25) is 10.0 Å². The van der Waals surface area contributed by atoms with Gasteiger partial charge in [0.15, 0.2) is 0 Å². The second-order valence-corrected chi connectivity index (χ2v) is 8.00. The molecule has 1 aromatic heterocycles. The molecule has 0 spiro atoms. The van der Waals surface area contributed by atoms with Gasteiger partial charge in [0.1, 0.15) is 9.99 Å². The molecule has 6 heteroatoms. The molecular weight excluding hydrogens is 306 g/mol. The van der Waals surface area contributed by atoms with Crippen LogP contribution < -0.4 is 5.14 Å². The van der Waals surface area contributed by atoms with E-state index in [9.17, 15) is 13.2 Å². The van der Waals surface area contributed by atoms with E-state index in [2.05, 4.69) is 0 Å². The van der Waals surface area contributed by atoms with E-state index in [0.717, 1.165) is 38.5 Å². The highest BCUT2D eigenvalue weighted by Crippen LogP contribution is 2.32. The molecule has 2 N–H and O–H groups in total. The van der Waals surface area contributed by atoms with Gasteiger partial charge in [0, 0.05) is 11.3 Å². The van der Waals surface area contributed by atoms with Crippen molar-refractivity contribution in [3.63, 3.8) is 0 Å². The van der Waals surface area contributed by atoms with Crippen molar-refractivity contribution in [2.45, 2.75) is 31.4 Å². The summed E-state index contributed by atoms with van der Waals surface area (Å²) >= 11 is 1.15. The van der Waals surface area contributed by atoms with Crippen molar-refractivity contribution < 1.29 is 13.2 Å². The van der Waals surface area contributed by atoms with Crippen LogP contribution in [0.2, 0.25) is 0 Å². The summed E-state index contributed by atoms with van der Waals surface area (Å²) in [6, 6.07) is 7.22. The minimum atomic E-state index is -3.66. The molecule has 1 heterocycles. The molecule has 0 unspecified atom stereocenters. The first-order chi connectivity index (χ1) is 9.68. The lowest BCUT2D eigenvalue weighted by Crippen LogP contribution is -2.09. The second kappa shape index (κ2) is 5.71. The summed E-state index contributed by atoms with van der Waals surface area (Å²) in [6.07, 6.45) is 0.421. The normalized spacial score (nSPS) is 11.6. The number of rotatable bonds is 4. The molecule has 0 atom stereocenters. The third-order valence-electron chi connectivity index (χ3n) is 3.27. The van der Waals surface area contributed by atoms with Crippen molar-refractivity contribution in [1.82, 2.24) is 0 Å². The third kappa shape index (κ3) is 3.58. The van der Waals surface area contributed by atoms with E-state index >= 15 is 0 Å². The van der Waals surface area contributed by atoms with Crippen molar-refractivity contribution in [1.29, 1.82) is 0 Å². The van der Waals surface area contributed by atoms with Gasteiger partial charge in [-0.3, -0.25) is 4.79 Å². The Kier molecular flexibility index (Phi) is 4.32. The quantitative estimate of drug-likeness (QED) is 0.940. The Bertz CT molecular complexity index is 781. The SMILES string of the molecule is CC(=O)Cc1c(C)cc(-c2ccc(S(N)(=O)=O)s2)cc1C. The summed E-state index contributed by atoms with van der Waals surface area (Å²) in [5.41, 5.74) is 4.04. The summed E-state index contributed by atoms with van der Waals surface area (Å²) in [5.74, 6) is 0.126. The molecule has 0 fully saturated rings. The number of carbonyl (C=O) groups is 1. The van der Waals surface area contributed by atoms with Crippen LogP contribution in [0.15, 0.2) is 28.5 Å². The lowest BCUT2D eigenvalue weighted by molar-refractivity contribution is -0.116. The number of hydrogen-bond acceptors (Lipinski definition) is 4. The maximum atomic E-state index is 11.3. The van der Waals surface area contributed by atoms with Crippen LogP contribution in [0.25, 0.3) is 10.4 Å². The topological polar surface area (TPSA) is 77.2 Å². The number of Topliss-reactive ketones (excluding diaryl/α,β-unsaturated/α-hetero) is 1. The first-order valence-corrected chi connectivity index (χ1v) is 8.77. The van der Waals surface area contributed by atoms with E-state index in [-0.39, 0.29) is 9.99 Å². The Morgan fingerprint density at radius 2 is 1.76 bits per heavy atom. The Balaban J connectivity index is 2.47. The summed E-state index contributed by atoms with van der Waals surface area (Å²) < 4.78 is 22.8. The highest BCUT2D eigenvalue weighted by atomic mass is 32.2. The lowest BCUT2D eigenvalue weighted by Gasteiger charge is -2.10. The van der Waals surface area contributed by atoms with Gasteiger partial charge in [-0.2, -0.15) is 0 Å². The molecule has 112 valence electrons. The van der Waals surface area contributed by atoms with Gasteiger partial charge in [-0.15, -0.1) is 11.3 Å². The zero-order valence-corrected chi connectivity index (χ0v) is 13.8. The van der Waals surface area contributed by atoms with Crippen LogP contribution in [0.3, 0.4) is 0 Å². The number of carbonyl (C=O) groups excluding carboxylic acids is 1. The number of hydrogen-bond donors (Lipinski definition) is 1. The number of thiophene rings is 1. The van der Waals surface area contributed by atoms with Gasteiger partial charge < -0.3 is 0 Å². The van der Waals surface area contributed by atoms with E-state index in [1.54, 1.807) is 13.0 Å². The Hall–Kier alpha value is -1.50. The molecule has 4 nitrogen and oxygen atoms in total. The zero-order valence-electron chi connectivity index (χ0n) is 12.1. The van der Waals surface area contributed by atoms with E-state index < -0.39 is 10.0 Å². The van der Waals surface area contributed by atoms with Gasteiger partial charge in [0.05, 0.1) is 0 Å². The fourth-order valence-electron chi connectivity index (χ4n) is 2.29. The molecule has 0 aliphatic carbocycles. The van der Waals surface area contributed by atoms with Crippen molar-refractivity contribution >= 4 is 27.1 Å². The van der Waals surface area contributed by atoms with E-state index in [0.29, 0.717) is 6.42 Å². The zero-order chi connectivity index (χ0) is 15.8. The van der Waals surface area contributed by atoms with E-state index in [1.165, 1.54) is 6.07 Å².